The van der Waals surface area contributed by atoms with Gasteiger partial charge in [0.05, 0.1) is 12.7 Å². The fourth-order valence-corrected chi connectivity index (χ4v) is 3.47. The highest BCUT2D eigenvalue weighted by Crippen LogP contribution is 2.35. The molecule has 2 heterocycles. The molecule has 31 heavy (non-hydrogen) atoms. The van der Waals surface area contributed by atoms with E-state index >= 15 is 0 Å². The van der Waals surface area contributed by atoms with Crippen molar-refractivity contribution in [2.24, 2.45) is 0 Å². The number of rotatable bonds is 6. The van der Waals surface area contributed by atoms with Gasteiger partial charge in [0.15, 0.2) is 11.5 Å². The van der Waals surface area contributed by atoms with Crippen LogP contribution in [0.4, 0.5) is 0 Å². The quantitative estimate of drug-likeness (QED) is 0.613. The van der Waals surface area contributed by atoms with Crippen molar-refractivity contribution < 1.29 is 28.2 Å². The number of aryl methyl sites for hydroxylation is 1. The van der Waals surface area contributed by atoms with Gasteiger partial charge in [0.1, 0.15) is 30.8 Å². The minimum Gasteiger partial charge on any atom is -0.486 e. The second-order valence-corrected chi connectivity index (χ2v) is 7.18. The first-order valence-electron chi connectivity index (χ1n) is 9.98. The molecule has 1 unspecified atom stereocenters. The molecule has 7 nitrogen and oxygen atoms in total. The summed E-state index contributed by atoms with van der Waals surface area (Å²) in [6.07, 6.45) is 0.325. The molecule has 0 aliphatic carbocycles. The van der Waals surface area contributed by atoms with Gasteiger partial charge in [0.2, 0.25) is 0 Å². The zero-order valence-electron chi connectivity index (χ0n) is 17.3. The largest absolute Gasteiger partial charge is 0.486 e. The first-order chi connectivity index (χ1) is 15.0. The lowest BCUT2D eigenvalue weighted by atomic mass is 10.1. The smallest absolute Gasteiger partial charge is 0.328 e. The number of benzene rings is 2. The molecule has 7 heteroatoms. The van der Waals surface area contributed by atoms with E-state index in [0.29, 0.717) is 48.2 Å². The standard InChI is InChI=1S/C24H23NO6/c1-15-18(14-21(31-15)17-8-9-20-22(13-17)30-11-10-29-20)23(26)25-19(24(27)28-2)12-16-6-4-3-5-7-16/h3-9,13-14,19H,10-12H2,1-2H3,(H,25,26). The molecule has 1 aliphatic rings. The Morgan fingerprint density at radius 2 is 1.77 bits per heavy atom. The summed E-state index contributed by atoms with van der Waals surface area (Å²) < 4.78 is 21.9. The number of carbonyl (C=O) groups is 2. The monoisotopic (exact) mass is 421 g/mol. The van der Waals surface area contributed by atoms with Crippen LogP contribution in [0.1, 0.15) is 21.7 Å². The zero-order valence-corrected chi connectivity index (χ0v) is 17.3. The summed E-state index contributed by atoms with van der Waals surface area (Å²) in [6.45, 7) is 2.71. The van der Waals surface area contributed by atoms with Gasteiger partial charge in [-0.25, -0.2) is 4.79 Å². The van der Waals surface area contributed by atoms with Gasteiger partial charge in [-0.1, -0.05) is 30.3 Å². The van der Waals surface area contributed by atoms with Crippen LogP contribution in [-0.2, 0) is 16.0 Å². The maximum atomic E-state index is 12.9. The Balaban J connectivity index is 1.54. The Hall–Kier alpha value is -3.74. The molecule has 0 saturated carbocycles. The number of amides is 1. The van der Waals surface area contributed by atoms with E-state index < -0.39 is 17.9 Å². The predicted molar refractivity (Wildman–Crippen MR) is 113 cm³/mol. The van der Waals surface area contributed by atoms with Gasteiger partial charge in [-0.05, 0) is 36.8 Å². The van der Waals surface area contributed by atoms with Gasteiger partial charge < -0.3 is 23.9 Å². The van der Waals surface area contributed by atoms with E-state index in [1.54, 1.807) is 13.0 Å². The summed E-state index contributed by atoms with van der Waals surface area (Å²) in [7, 11) is 1.30. The van der Waals surface area contributed by atoms with E-state index in [0.717, 1.165) is 11.1 Å². The minimum absolute atomic E-state index is 0.325. The van der Waals surface area contributed by atoms with Gasteiger partial charge in [0, 0.05) is 12.0 Å². The first kappa shape index (κ1) is 20.5. The van der Waals surface area contributed by atoms with Crippen molar-refractivity contribution in [3.8, 4) is 22.8 Å². The van der Waals surface area contributed by atoms with Crippen LogP contribution >= 0.6 is 0 Å². The van der Waals surface area contributed by atoms with Crippen LogP contribution in [0.5, 0.6) is 11.5 Å². The lowest BCUT2D eigenvalue weighted by Crippen LogP contribution is -2.43. The SMILES string of the molecule is COC(=O)C(Cc1ccccc1)NC(=O)c1cc(-c2ccc3c(c2)OCCO3)oc1C. The Morgan fingerprint density at radius 3 is 2.52 bits per heavy atom. The van der Waals surface area contributed by atoms with Crippen LogP contribution < -0.4 is 14.8 Å². The normalized spacial score (nSPS) is 13.4. The Labute approximate surface area is 179 Å². The summed E-state index contributed by atoms with van der Waals surface area (Å²) >= 11 is 0. The maximum Gasteiger partial charge on any atom is 0.328 e. The van der Waals surface area contributed by atoms with Crippen LogP contribution in [0.15, 0.2) is 59.0 Å². The molecule has 3 aromatic rings. The number of ether oxygens (including phenoxy) is 3. The molecule has 1 aromatic heterocycles. The molecule has 160 valence electrons. The molecule has 1 aliphatic heterocycles. The van der Waals surface area contributed by atoms with Crippen molar-refractivity contribution in [1.82, 2.24) is 5.32 Å². The molecular formula is C24H23NO6. The van der Waals surface area contributed by atoms with E-state index in [1.807, 2.05) is 48.5 Å². The number of hydrogen-bond acceptors (Lipinski definition) is 6. The lowest BCUT2D eigenvalue weighted by Gasteiger charge is -2.18. The van der Waals surface area contributed by atoms with E-state index in [2.05, 4.69) is 5.32 Å². The third kappa shape index (κ3) is 4.55. The first-order valence-corrected chi connectivity index (χ1v) is 9.98. The second-order valence-electron chi connectivity index (χ2n) is 7.18. The third-order valence-corrected chi connectivity index (χ3v) is 5.06. The van der Waals surface area contributed by atoms with Crippen molar-refractivity contribution >= 4 is 11.9 Å². The topological polar surface area (TPSA) is 87.0 Å². The van der Waals surface area contributed by atoms with E-state index in [1.165, 1.54) is 7.11 Å². The van der Waals surface area contributed by atoms with Crippen LogP contribution in [0, 0.1) is 6.92 Å². The van der Waals surface area contributed by atoms with E-state index in [-0.39, 0.29) is 0 Å². The van der Waals surface area contributed by atoms with Gasteiger partial charge in [0.25, 0.3) is 5.91 Å². The Morgan fingerprint density at radius 1 is 1.03 bits per heavy atom. The average molecular weight is 421 g/mol. The van der Waals surface area contributed by atoms with E-state index in [9.17, 15) is 9.59 Å². The minimum atomic E-state index is -0.813. The number of fused-ring (bicyclic) bond motifs is 1. The van der Waals surface area contributed by atoms with Crippen molar-refractivity contribution in [2.75, 3.05) is 20.3 Å². The molecule has 0 bridgehead atoms. The number of nitrogens with one attached hydrogen (secondary N) is 1. The highest BCUT2D eigenvalue weighted by molar-refractivity contribution is 5.98. The summed E-state index contributed by atoms with van der Waals surface area (Å²) in [6, 6.07) is 15.8. The van der Waals surface area contributed by atoms with Crippen LogP contribution in [-0.4, -0.2) is 38.2 Å². The molecule has 1 N–H and O–H groups in total. The zero-order chi connectivity index (χ0) is 21.8. The molecule has 0 fully saturated rings. The number of esters is 1. The summed E-state index contributed by atoms with van der Waals surface area (Å²) in [4.78, 5) is 25.2. The number of hydrogen-bond donors (Lipinski definition) is 1. The summed E-state index contributed by atoms with van der Waals surface area (Å²) in [5, 5.41) is 2.77. The maximum absolute atomic E-state index is 12.9. The van der Waals surface area contributed by atoms with Crippen molar-refractivity contribution in [3.63, 3.8) is 0 Å². The van der Waals surface area contributed by atoms with Gasteiger partial charge in [-0.15, -0.1) is 0 Å². The molecule has 1 atom stereocenters. The lowest BCUT2D eigenvalue weighted by molar-refractivity contribution is -0.142. The fourth-order valence-electron chi connectivity index (χ4n) is 3.47. The fraction of sp³-hybridized carbons (Fsp3) is 0.250. The number of methoxy groups -OCH3 is 1. The van der Waals surface area contributed by atoms with Crippen molar-refractivity contribution in [2.45, 2.75) is 19.4 Å². The molecule has 4 rings (SSSR count). The summed E-state index contributed by atoms with van der Waals surface area (Å²) in [5.74, 6) is 1.38. The number of furan rings is 1. The van der Waals surface area contributed by atoms with Gasteiger partial charge >= 0.3 is 5.97 Å². The molecule has 1 amide bonds. The van der Waals surface area contributed by atoms with Gasteiger partial charge in [-0.3, -0.25) is 4.79 Å². The highest BCUT2D eigenvalue weighted by Gasteiger charge is 2.25. The predicted octanol–water partition coefficient (Wildman–Crippen LogP) is 3.54. The Kier molecular flexibility index (Phi) is 5.93. The third-order valence-electron chi connectivity index (χ3n) is 5.06. The molecule has 0 saturated heterocycles. The number of carbonyl (C=O) groups excluding carboxylic acids is 2. The van der Waals surface area contributed by atoms with Crippen LogP contribution in [0.25, 0.3) is 11.3 Å². The summed E-state index contributed by atoms with van der Waals surface area (Å²) in [5.41, 5.74) is 2.03. The molecular weight excluding hydrogens is 398 g/mol. The molecule has 2 aromatic carbocycles. The van der Waals surface area contributed by atoms with Crippen LogP contribution in [0.3, 0.4) is 0 Å². The second kappa shape index (κ2) is 8.95. The molecule has 0 radical (unpaired) electrons. The van der Waals surface area contributed by atoms with Crippen LogP contribution in [0.2, 0.25) is 0 Å². The van der Waals surface area contributed by atoms with E-state index in [4.69, 9.17) is 18.6 Å². The van der Waals surface area contributed by atoms with Crippen molar-refractivity contribution in [3.05, 3.63) is 71.5 Å². The van der Waals surface area contributed by atoms with Gasteiger partial charge in [-0.2, -0.15) is 0 Å². The Bertz CT molecular complexity index is 1090. The van der Waals surface area contributed by atoms with Crippen molar-refractivity contribution in [1.29, 1.82) is 0 Å². The molecule has 0 spiro atoms. The highest BCUT2D eigenvalue weighted by atomic mass is 16.6. The average Bonchev–Trinajstić information content (AvgIpc) is 3.20.